The van der Waals surface area contributed by atoms with Gasteiger partial charge in [0.2, 0.25) is 5.95 Å². The van der Waals surface area contributed by atoms with Crippen LogP contribution < -0.4 is 14.3 Å². The Hall–Kier alpha value is -4.29. The number of nitrogens with one attached hydrogen (secondary N) is 2. The zero-order chi connectivity index (χ0) is 28.5. The number of para-hydroxylation sites is 1. The molecule has 0 fully saturated rings. The van der Waals surface area contributed by atoms with Gasteiger partial charge in [0.05, 0.1) is 15.5 Å². The molecule has 1 aromatic heterocycles. The van der Waals surface area contributed by atoms with Gasteiger partial charge in [-0.15, -0.1) is 0 Å². The molecule has 1 aliphatic rings. The molecular formula is C28H27N5O5S2. The SMILES string of the molecule is Cc1cc(C)nc(NS(=O)(=O)c2ccc(NC(=O)c3ccc(S(=O)(=O)N4CCCc5ccccc54)cc3)cc2)n1. The molecule has 0 atom stereocenters. The van der Waals surface area contributed by atoms with Gasteiger partial charge < -0.3 is 5.32 Å². The monoisotopic (exact) mass is 577 g/mol. The minimum absolute atomic E-state index is 0.0233. The molecule has 3 aromatic carbocycles. The average Bonchev–Trinajstić information content (AvgIpc) is 2.92. The van der Waals surface area contributed by atoms with E-state index in [0.717, 1.165) is 18.4 Å². The van der Waals surface area contributed by atoms with Crippen LogP contribution in [0.1, 0.15) is 33.7 Å². The molecule has 0 unspecified atom stereocenters. The van der Waals surface area contributed by atoms with E-state index in [1.807, 2.05) is 18.2 Å². The lowest BCUT2D eigenvalue weighted by atomic mass is 10.0. The molecule has 2 heterocycles. The maximum absolute atomic E-state index is 13.3. The van der Waals surface area contributed by atoms with Crippen molar-refractivity contribution in [2.45, 2.75) is 36.5 Å². The Bertz CT molecular complexity index is 1770. The van der Waals surface area contributed by atoms with Gasteiger partial charge in [0.1, 0.15) is 0 Å². The lowest BCUT2D eigenvalue weighted by Crippen LogP contribution is -2.35. The van der Waals surface area contributed by atoms with Crippen molar-refractivity contribution in [2.24, 2.45) is 0 Å². The minimum Gasteiger partial charge on any atom is -0.322 e. The van der Waals surface area contributed by atoms with Crippen LogP contribution in [0, 0.1) is 13.8 Å². The lowest BCUT2D eigenvalue weighted by Gasteiger charge is -2.30. The summed E-state index contributed by atoms with van der Waals surface area (Å²) in [4.78, 5) is 21.1. The Morgan fingerprint density at radius 2 is 1.45 bits per heavy atom. The first-order valence-corrected chi connectivity index (χ1v) is 15.4. The molecule has 5 rings (SSSR count). The highest BCUT2D eigenvalue weighted by Gasteiger charge is 2.29. The topological polar surface area (TPSA) is 138 Å². The summed E-state index contributed by atoms with van der Waals surface area (Å²) >= 11 is 0. The van der Waals surface area contributed by atoms with Gasteiger partial charge in [0, 0.05) is 29.2 Å². The van der Waals surface area contributed by atoms with Crippen molar-refractivity contribution in [3.63, 3.8) is 0 Å². The number of hydrogen-bond acceptors (Lipinski definition) is 7. The molecule has 1 amide bonds. The molecule has 0 aliphatic carbocycles. The van der Waals surface area contributed by atoms with Gasteiger partial charge in [-0.3, -0.25) is 9.10 Å². The van der Waals surface area contributed by atoms with Gasteiger partial charge in [-0.2, -0.15) is 0 Å². The van der Waals surface area contributed by atoms with Gasteiger partial charge in [-0.25, -0.2) is 31.5 Å². The van der Waals surface area contributed by atoms with Crippen molar-refractivity contribution in [2.75, 3.05) is 20.9 Å². The first-order valence-electron chi connectivity index (χ1n) is 12.5. The third-order valence-corrected chi connectivity index (χ3v) is 9.57. The molecule has 0 spiro atoms. The van der Waals surface area contributed by atoms with E-state index in [4.69, 9.17) is 0 Å². The summed E-state index contributed by atoms with van der Waals surface area (Å²) < 4.78 is 56.0. The highest BCUT2D eigenvalue weighted by atomic mass is 32.2. The molecule has 10 nitrogen and oxygen atoms in total. The van der Waals surface area contributed by atoms with Crippen LogP contribution in [0.5, 0.6) is 0 Å². The molecular weight excluding hydrogens is 550 g/mol. The molecule has 2 N–H and O–H groups in total. The summed E-state index contributed by atoms with van der Waals surface area (Å²) in [7, 11) is -7.73. The first-order chi connectivity index (χ1) is 19.0. The summed E-state index contributed by atoms with van der Waals surface area (Å²) in [5.41, 5.74) is 3.55. The van der Waals surface area contributed by atoms with Crippen molar-refractivity contribution >= 4 is 43.3 Å². The van der Waals surface area contributed by atoms with Crippen LogP contribution in [0.3, 0.4) is 0 Å². The van der Waals surface area contributed by atoms with Crippen molar-refractivity contribution < 1.29 is 21.6 Å². The largest absolute Gasteiger partial charge is 0.322 e. The number of hydrogen-bond donors (Lipinski definition) is 2. The molecule has 1 aliphatic heterocycles. The number of aryl methyl sites for hydroxylation is 3. The number of sulfonamides is 2. The van der Waals surface area contributed by atoms with Crippen LogP contribution in [-0.4, -0.2) is 39.3 Å². The van der Waals surface area contributed by atoms with Gasteiger partial charge in [-0.05, 0) is 92.9 Å². The van der Waals surface area contributed by atoms with E-state index in [9.17, 15) is 21.6 Å². The number of benzene rings is 3. The number of carbonyl (C=O) groups excluding carboxylic acids is 1. The summed E-state index contributed by atoms with van der Waals surface area (Å²) in [6.45, 7) is 3.87. The Morgan fingerprint density at radius 1 is 0.825 bits per heavy atom. The average molecular weight is 578 g/mol. The number of nitrogens with zero attached hydrogens (tertiary/aromatic N) is 3. The highest BCUT2D eigenvalue weighted by Crippen LogP contribution is 2.32. The van der Waals surface area contributed by atoms with Crippen LogP contribution in [0.4, 0.5) is 17.3 Å². The highest BCUT2D eigenvalue weighted by molar-refractivity contribution is 7.93. The Labute approximate surface area is 233 Å². The van der Waals surface area contributed by atoms with Crippen LogP contribution >= 0.6 is 0 Å². The van der Waals surface area contributed by atoms with E-state index in [2.05, 4.69) is 20.0 Å². The van der Waals surface area contributed by atoms with Crippen LogP contribution in [0.15, 0.2) is 88.7 Å². The van der Waals surface area contributed by atoms with Crippen molar-refractivity contribution in [3.8, 4) is 0 Å². The normalized spacial score (nSPS) is 13.4. The third kappa shape index (κ3) is 5.68. The maximum atomic E-state index is 13.3. The fourth-order valence-corrected chi connectivity index (χ4v) is 7.01. The standard InChI is InChI=1S/C28H27N5O5S2/c1-19-18-20(2)30-28(29-19)32-39(35,36)24-15-11-23(12-16-24)31-27(34)22-9-13-25(14-10-22)40(37,38)33-17-5-7-21-6-3-4-8-26(21)33/h3-4,6,8-16,18H,5,7,17H2,1-2H3,(H,31,34)(H,29,30,32). The van der Waals surface area contributed by atoms with Gasteiger partial charge >= 0.3 is 0 Å². The Balaban J connectivity index is 1.27. The van der Waals surface area contributed by atoms with E-state index < -0.39 is 26.0 Å². The number of carbonyl (C=O) groups is 1. The second kappa shape index (κ2) is 10.7. The molecule has 0 saturated heterocycles. The second-order valence-electron chi connectivity index (χ2n) is 9.39. The van der Waals surface area contributed by atoms with Gasteiger partial charge in [0.15, 0.2) is 0 Å². The van der Waals surface area contributed by atoms with E-state index in [-0.39, 0.29) is 21.3 Å². The van der Waals surface area contributed by atoms with Crippen molar-refractivity contribution in [1.82, 2.24) is 9.97 Å². The quantitative estimate of drug-likeness (QED) is 0.334. The minimum atomic E-state index is -3.94. The summed E-state index contributed by atoms with van der Waals surface area (Å²) in [6, 6.07) is 20.5. The second-order valence-corrected chi connectivity index (χ2v) is 12.9. The number of fused-ring (bicyclic) bond motifs is 1. The van der Waals surface area contributed by atoms with E-state index >= 15 is 0 Å². The number of anilines is 3. The zero-order valence-electron chi connectivity index (χ0n) is 21.8. The molecule has 0 saturated carbocycles. The predicted molar refractivity (Wildman–Crippen MR) is 152 cm³/mol. The Morgan fingerprint density at radius 3 is 2.12 bits per heavy atom. The summed E-state index contributed by atoms with van der Waals surface area (Å²) in [5.74, 6) is -0.491. The van der Waals surface area contributed by atoms with Crippen molar-refractivity contribution in [1.29, 1.82) is 0 Å². The molecule has 4 aromatic rings. The first kappa shape index (κ1) is 27.3. The molecule has 12 heteroatoms. The number of amides is 1. The van der Waals surface area contributed by atoms with E-state index in [0.29, 0.717) is 29.3 Å². The van der Waals surface area contributed by atoms with Crippen molar-refractivity contribution in [3.05, 3.63) is 101 Å². The molecule has 0 bridgehead atoms. The van der Waals surface area contributed by atoms with Gasteiger partial charge in [-0.1, -0.05) is 18.2 Å². The molecule has 0 radical (unpaired) electrons. The summed E-state index contributed by atoms with van der Waals surface area (Å²) in [5, 5.41) is 2.70. The van der Waals surface area contributed by atoms with Gasteiger partial charge in [0.25, 0.3) is 26.0 Å². The smallest absolute Gasteiger partial charge is 0.264 e. The molecule has 206 valence electrons. The number of aromatic nitrogens is 2. The maximum Gasteiger partial charge on any atom is 0.264 e. The lowest BCUT2D eigenvalue weighted by molar-refractivity contribution is 0.102. The van der Waals surface area contributed by atoms with Crippen LogP contribution in [0.25, 0.3) is 0 Å². The molecule has 40 heavy (non-hydrogen) atoms. The zero-order valence-corrected chi connectivity index (χ0v) is 23.5. The summed E-state index contributed by atoms with van der Waals surface area (Å²) in [6.07, 6.45) is 1.55. The van der Waals surface area contributed by atoms with Crippen LogP contribution in [-0.2, 0) is 26.5 Å². The van der Waals surface area contributed by atoms with E-state index in [1.54, 1.807) is 26.0 Å². The fraction of sp³-hybridized carbons (Fsp3) is 0.179. The fourth-order valence-electron chi connectivity index (χ4n) is 4.53. The number of rotatable bonds is 7. The Kier molecular flexibility index (Phi) is 7.30. The van der Waals surface area contributed by atoms with E-state index in [1.165, 1.54) is 52.8 Å². The third-order valence-electron chi connectivity index (χ3n) is 6.40. The predicted octanol–water partition coefficient (Wildman–Crippen LogP) is 4.29. The van der Waals surface area contributed by atoms with Crippen LogP contribution in [0.2, 0.25) is 0 Å².